The molecule has 2 heterocycles. The summed E-state index contributed by atoms with van der Waals surface area (Å²) in [7, 11) is 0. The van der Waals surface area contributed by atoms with Crippen LogP contribution in [0.15, 0.2) is 30.5 Å². The lowest BCUT2D eigenvalue weighted by Crippen LogP contribution is -2.45. The zero-order chi connectivity index (χ0) is 18.5. The monoisotopic (exact) mass is 359 g/mol. The summed E-state index contributed by atoms with van der Waals surface area (Å²) in [6, 6.07) is 7.16. The first kappa shape index (κ1) is 18.8. The number of aliphatic hydroxyl groups is 1. The molecule has 140 valence electrons. The number of nitrogens with one attached hydrogen (secondary N) is 1. The fourth-order valence-electron chi connectivity index (χ4n) is 3.50. The van der Waals surface area contributed by atoms with Crippen LogP contribution in [0.5, 0.6) is 5.75 Å². The van der Waals surface area contributed by atoms with Gasteiger partial charge in [0.25, 0.3) is 0 Å². The molecule has 0 aliphatic carbocycles. The SMILES string of the molecule is Cc1ncc(CO)c(CNC2CCCN(Cc3ccccc3F)C2)c1O. The molecule has 0 bridgehead atoms. The summed E-state index contributed by atoms with van der Waals surface area (Å²) < 4.78 is 13.9. The van der Waals surface area contributed by atoms with Crippen LogP contribution in [0.4, 0.5) is 4.39 Å². The average Bonchev–Trinajstić information content (AvgIpc) is 2.65. The lowest BCUT2D eigenvalue weighted by molar-refractivity contribution is 0.180. The zero-order valence-electron chi connectivity index (χ0n) is 15.1. The second kappa shape index (κ2) is 8.58. The Morgan fingerprint density at radius 1 is 1.31 bits per heavy atom. The highest BCUT2D eigenvalue weighted by Gasteiger charge is 2.21. The smallest absolute Gasteiger partial charge is 0.141 e. The van der Waals surface area contributed by atoms with Crippen molar-refractivity contribution in [1.29, 1.82) is 0 Å². The number of aromatic nitrogens is 1. The Morgan fingerprint density at radius 2 is 2.12 bits per heavy atom. The van der Waals surface area contributed by atoms with Crippen molar-refractivity contribution in [2.24, 2.45) is 0 Å². The van der Waals surface area contributed by atoms with E-state index >= 15 is 0 Å². The topological polar surface area (TPSA) is 68.6 Å². The van der Waals surface area contributed by atoms with E-state index in [-0.39, 0.29) is 24.2 Å². The molecule has 1 aliphatic rings. The highest BCUT2D eigenvalue weighted by Crippen LogP contribution is 2.24. The third-order valence-corrected chi connectivity index (χ3v) is 5.03. The number of rotatable bonds is 6. The molecule has 1 fully saturated rings. The summed E-state index contributed by atoms with van der Waals surface area (Å²) in [5, 5.41) is 23.2. The van der Waals surface area contributed by atoms with Crippen LogP contribution >= 0.6 is 0 Å². The van der Waals surface area contributed by atoms with Gasteiger partial charge in [-0.15, -0.1) is 0 Å². The van der Waals surface area contributed by atoms with Crippen molar-refractivity contribution in [3.05, 3.63) is 58.7 Å². The van der Waals surface area contributed by atoms with Crippen molar-refractivity contribution < 1.29 is 14.6 Å². The number of halogens is 1. The van der Waals surface area contributed by atoms with Crippen molar-refractivity contribution in [3.63, 3.8) is 0 Å². The molecule has 1 saturated heterocycles. The van der Waals surface area contributed by atoms with Gasteiger partial charge in [0.2, 0.25) is 0 Å². The van der Waals surface area contributed by atoms with Gasteiger partial charge in [-0.25, -0.2) is 4.39 Å². The number of hydrogen-bond acceptors (Lipinski definition) is 5. The minimum Gasteiger partial charge on any atom is -0.506 e. The van der Waals surface area contributed by atoms with Crippen LogP contribution in [0, 0.1) is 12.7 Å². The number of aliphatic hydroxyl groups excluding tert-OH is 1. The maximum atomic E-state index is 13.9. The number of likely N-dealkylation sites (tertiary alicyclic amines) is 1. The first-order chi connectivity index (χ1) is 12.6. The van der Waals surface area contributed by atoms with Crippen LogP contribution in [0.25, 0.3) is 0 Å². The van der Waals surface area contributed by atoms with Crippen molar-refractivity contribution in [2.45, 2.75) is 45.5 Å². The number of hydrogen-bond donors (Lipinski definition) is 3. The summed E-state index contributed by atoms with van der Waals surface area (Å²) in [6.07, 6.45) is 3.69. The number of benzene rings is 1. The van der Waals surface area contributed by atoms with E-state index in [4.69, 9.17) is 0 Å². The first-order valence-corrected chi connectivity index (χ1v) is 9.04. The van der Waals surface area contributed by atoms with Gasteiger partial charge in [-0.05, 0) is 32.4 Å². The Kier molecular flexibility index (Phi) is 6.19. The van der Waals surface area contributed by atoms with Gasteiger partial charge >= 0.3 is 0 Å². The number of nitrogens with zero attached hydrogens (tertiary/aromatic N) is 2. The van der Waals surface area contributed by atoms with Crippen LogP contribution in [-0.4, -0.2) is 39.2 Å². The van der Waals surface area contributed by atoms with Gasteiger partial charge in [0.05, 0.1) is 12.3 Å². The maximum Gasteiger partial charge on any atom is 0.141 e. The van der Waals surface area contributed by atoms with E-state index in [0.717, 1.165) is 31.5 Å². The van der Waals surface area contributed by atoms with Crippen molar-refractivity contribution in [1.82, 2.24) is 15.2 Å². The normalized spacial score (nSPS) is 18.2. The molecule has 0 amide bonds. The van der Waals surface area contributed by atoms with E-state index in [2.05, 4.69) is 15.2 Å². The average molecular weight is 359 g/mol. The van der Waals surface area contributed by atoms with Crippen molar-refractivity contribution in [3.8, 4) is 5.75 Å². The van der Waals surface area contributed by atoms with Crippen LogP contribution in [-0.2, 0) is 19.7 Å². The molecule has 0 saturated carbocycles. The van der Waals surface area contributed by atoms with E-state index in [1.54, 1.807) is 19.2 Å². The molecule has 1 unspecified atom stereocenters. The van der Waals surface area contributed by atoms with Crippen LogP contribution in [0.3, 0.4) is 0 Å². The summed E-state index contributed by atoms with van der Waals surface area (Å²) in [5.74, 6) is -0.0181. The second-order valence-electron chi connectivity index (χ2n) is 6.90. The van der Waals surface area contributed by atoms with E-state index in [1.165, 1.54) is 6.07 Å². The molecule has 0 spiro atoms. The first-order valence-electron chi connectivity index (χ1n) is 9.04. The molecule has 3 rings (SSSR count). The standard InChI is InChI=1S/C20H26FN3O2/c1-14-20(26)18(16(13-25)9-22-14)10-23-17-6-4-8-24(12-17)11-15-5-2-3-7-19(15)21/h2-3,5,7,9,17,23,25-26H,4,6,8,10-13H2,1H3. The Morgan fingerprint density at radius 3 is 2.88 bits per heavy atom. The molecular weight excluding hydrogens is 333 g/mol. The zero-order valence-corrected chi connectivity index (χ0v) is 15.1. The third-order valence-electron chi connectivity index (χ3n) is 5.03. The van der Waals surface area contributed by atoms with Gasteiger partial charge in [0.1, 0.15) is 11.6 Å². The van der Waals surface area contributed by atoms with Crippen LogP contribution < -0.4 is 5.32 Å². The molecule has 2 aromatic rings. The fourth-order valence-corrected chi connectivity index (χ4v) is 3.50. The van der Waals surface area contributed by atoms with Gasteiger partial charge in [0, 0.05) is 48.6 Å². The van der Waals surface area contributed by atoms with E-state index in [1.807, 2.05) is 12.1 Å². The minimum atomic E-state index is -0.160. The second-order valence-corrected chi connectivity index (χ2v) is 6.90. The molecular formula is C20H26FN3O2. The van der Waals surface area contributed by atoms with E-state index in [9.17, 15) is 14.6 Å². The van der Waals surface area contributed by atoms with Gasteiger partial charge in [-0.1, -0.05) is 18.2 Å². The number of aryl methyl sites for hydroxylation is 1. The van der Waals surface area contributed by atoms with Crippen molar-refractivity contribution in [2.75, 3.05) is 13.1 Å². The van der Waals surface area contributed by atoms with Gasteiger partial charge < -0.3 is 15.5 Å². The van der Waals surface area contributed by atoms with Gasteiger partial charge in [-0.3, -0.25) is 9.88 Å². The molecule has 26 heavy (non-hydrogen) atoms. The number of piperidine rings is 1. The minimum absolute atomic E-state index is 0.142. The Hall–Kier alpha value is -2.02. The van der Waals surface area contributed by atoms with Crippen LogP contribution in [0.1, 0.15) is 35.2 Å². The quantitative estimate of drug-likeness (QED) is 0.739. The van der Waals surface area contributed by atoms with Gasteiger partial charge in [0.15, 0.2) is 0 Å². The highest BCUT2D eigenvalue weighted by molar-refractivity contribution is 5.40. The summed E-state index contributed by atoms with van der Waals surface area (Å²) >= 11 is 0. The maximum absolute atomic E-state index is 13.9. The number of aromatic hydroxyl groups is 1. The highest BCUT2D eigenvalue weighted by atomic mass is 19.1. The Balaban J connectivity index is 1.61. The molecule has 6 heteroatoms. The predicted molar refractivity (Wildman–Crippen MR) is 98.1 cm³/mol. The third kappa shape index (κ3) is 4.38. The van der Waals surface area contributed by atoms with Crippen LogP contribution in [0.2, 0.25) is 0 Å². The Bertz CT molecular complexity index is 754. The lowest BCUT2D eigenvalue weighted by atomic mass is 10.0. The molecule has 1 aromatic heterocycles. The summed E-state index contributed by atoms with van der Waals surface area (Å²) in [6.45, 7) is 4.45. The van der Waals surface area contributed by atoms with Crippen molar-refractivity contribution >= 4 is 0 Å². The summed E-state index contributed by atoms with van der Waals surface area (Å²) in [5.41, 5.74) is 2.62. The molecule has 1 atom stereocenters. The lowest BCUT2D eigenvalue weighted by Gasteiger charge is -2.33. The molecule has 1 aliphatic heterocycles. The molecule has 0 radical (unpaired) electrons. The largest absolute Gasteiger partial charge is 0.506 e. The number of pyridine rings is 1. The summed E-state index contributed by atoms with van der Waals surface area (Å²) in [4.78, 5) is 6.34. The van der Waals surface area contributed by atoms with E-state index in [0.29, 0.717) is 29.9 Å². The van der Waals surface area contributed by atoms with E-state index < -0.39 is 0 Å². The predicted octanol–water partition coefficient (Wildman–Crippen LogP) is 2.48. The Labute approximate surface area is 153 Å². The fraction of sp³-hybridized carbons (Fsp3) is 0.450. The molecule has 5 nitrogen and oxygen atoms in total. The molecule has 1 aromatic carbocycles. The molecule has 3 N–H and O–H groups in total. The van der Waals surface area contributed by atoms with Gasteiger partial charge in [-0.2, -0.15) is 0 Å².